The molecule has 2 aliphatic rings. The SMILES string of the molecule is CNC(=NC(=O)OCc1ccc([N+](=O)[O-])cc1)N(C[C@@H]1CCN(C(=O)[C@@H]2C[C@H](S)CN2C(=O)OCc2ccc([N+](=O)[O-])cc2)C1)C(=O)OCc1ccc([N+](=O)[O-])cc1. The zero-order valence-corrected chi connectivity index (χ0v) is 31.8. The van der Waals surface area contributed by atoms with Crippen molar-refractivity contribution in [3.63, 3.8) is 0 Å². The molecule has 2 heterocycles. The van der Waals surface area contributed by atoms with Crippen molar-refractivity contribution in [1.29, 1.82) is 0 Å². The van der Waals surface area contributed by atoms with Gasteiger partial charge in [-0.1, -0.05) is 0 Å². The topological polar surface area (TPSA) is 259 Å². The van der Waals surface area contributed by atoms with Crippen molar-refractivity contribution >= 4 is 59.8 Å². The zero-order valence-electron chi connectivity index (χ0n) is 30.9. The second-order valence-electron chi connectivity index (χ2n) is 13.2. The molecular weight excluding hydrogens is 785 g/mol. The van der Waals surface area contributed by atoms with Crippen LogP contribution in [0.15, 0.2) is 77.8 Å². The van der Waals surface area contributed by atoms with Crippen LogP contribution in [0.2, 0.25) is 0 Å². The molecule has 0 radical (unpaired) electrons. The van der Waals surface area contributed by atoms with Crippen LogP contribution in [0.3, 0.4) is 0 Å². The van der Waals surface area contributed by atoms with Crippen LogP contribution in [0.4, 0.5) is 31.4 Å². The number of thiol groups is 1. The maximum atomic E-state index is 13.9. The smallest absolute Gasteiger partial charge is 0.437 e. The lowest BCUT2D eigenvalue weighted by atomic mass is 10.1. The molecule has 0 spiro atoms. The number of nitro benzene ring substituents is 3. The average molecular weight is 823 g/mol. The van der Waals surface area contributed by atoms with Crippen LogP contribution in [0.1, 0.15) is 29.5 Å². The predicted molar refractivity (Wildman–Crippen MR) is 206 cm³/mol. The van der Waals surface area contributed by atoms with Crippen LogP contribution >= 0.6 is 12.6 Å². The minimum absolute atomic E-state index is 0.0843. The predicted octanol–water partition coefficient (Wildman–Crippen LogP) is 4.82. The van der Waals surface area contributed by atoms with Crippen LogP contribution in [0.5, 0.6) is 0 Å². The van der Waals surface area contributed by atoms with Crippen LogP contribution in [0.25, 0.3) is 0 Å². The molecule has 0 aliphatic carbocycles. The van der Waals surface area contributed by atoms with Crippen molar-refractivity contribution in [2.75, 3.05) is 33.2 Å². The van der Waals surface area contributed by atoms with E-state index in [0.29, 0.717) is 23.1 Å². The van der Waals surface area contributed by atoms with E-state index in [2.05, 4.69) is 22.9 Å². The molecule has 3 aromatic carbocycles. The number of benzene rings is 3. The van der Waals surface area contributed by atoms with Gasteiger partial charge in [0, 0.05) is 74.9 Å². The Kier molecular flexibility index (Phi) is 14.1. The second kappa shape index (κ2) is 19.3. The first-order valence-electron chi connectivity index (χ1n) is 17.7. The summed E-state index contributed by atoms with van der Waals surface area (Å²) in [6.45, 7) is -0.243. The highest BCUT2D eigenvalue weighted by Crippen LogP contribution is 2.28. The lowest BCUT2D eigenvalue weighted by molar-refractivity contribution is -0.385. The molecule has 0 unspecified atom stereocenters. The zero-order chi connectivity index (χ0) is 41.9. The van der Waals surface area contributed by atoms with Crippen LogP contribution in [-0.4, -0.2) is 104 Å². The summed E-state index contributed by atoms with van der Waals surface area (Å²) >= 11 is 4.51. The highest BCUT2D eigenvalue weighted by atomic mass is 32.1. The minimum Gasteiger partial charge on any atom is -0.445 e. The highest BCUT2D eigenvalue weighted by Gasteiger charge is 2.43. The van der Waals surface area contributed by atoms with Crippen LogP contribution in [0, 0.1) is 36.3 Å². The fourth-order valence-electron chi connectivity index (χ4n) is 6.26. The van der Waals surface area contributed by atoms with Gasteiger partial charge in [-0.3, -0.25) is 40.0 Å². The molecule has 22 heteroatoms. The largest absolute Gasteiger partial charge is 0.445 e. The van der Waals surface area contributed by atoms with Gasteiger partial charge in [0.1, 0.15) is 25.9 Å². The number of likely N-dealkylation sites (tertiary alicyclic amines) is 2. The average Bonchev–Trinajstić information content (AvgIpc) is 3.86. The van der Waals surface area contributed by atoms with Crippen molar-refractivity contribution in [3.8, 4) is 0 Å². The second-order valence-corrected chi connectivity index (χ2v) is 14.0. The summed E-state index contributed by atoms with van der Waals surface area (Å²) in [5.41, 5.74) is 0.988. The Balaban J connectivity index is 1.25. The summed E-state index contributed by atoms with van der Waals surface area (Å²) in [6.07, 6.45) is -2.10. The third-order valence-corrected chi connectivity index (χ3v) is 9.64. The molecule has 3 aromatic rings. The number of guanidine groups is 1. The Morgan fingerprint density at radius 1 is 0.776 bits per heavy atom. The van der Waals surface area contributed by atoms with Crippen LogP contribution < -0.4 is 5.32 Å². The van der Waals surface area contributed by atoms with Gasteiger partial charge in [0.05, 0.1) is 14.8 Å². The summed E-state index contributed by atoms with van der Waals surface area (Å²) in [5.74, 6) is -0.958. The van der Waals surface area contributed by atoms with Crippen LogP contribution in [-0.2, 0) is 38.8 Å². The number of rotatable bonds is 12. The number of hydrogen-bond donors (Lipinski definition) is 2. The summed E-state index contributed by atoms with van der Waals surface area (Å²) in [5, 5.41) is 35.4. The van der Waals surface area contributed by atoms with E-state index >= 15 is 0 Å². The number of nitrogens with zero attached hydrogens (tertiary/aromatic N) is 7. The number of carbonyl (C=O) groups is 4. The van der Waals surface area contributed by atoms with E-state index in [9.17, 15) is 49.5 Å². The van der Waals surface area contributed by atoms with E-state index in [4.69, 9.17) is 14.2 Å². The summed E-state index contributed by atoms with van der Waals surface area (Å²) in [7, 11) is 1.41. The molecule has 0 saturated carbocycles. The van der Waals surface area contributed by atoms with E-state index < -0.39 is 39.1 Å². The number of ether oxygens (including phenoxy) is 3. The molecule has 0 bridgehead atoms. The minimum atomic E-state index is -1.10. The molecule has 0 aromatic heterocycles. The van der Waals surface area contributed by atoms with E-state index in [1.165, 1.54) is 84.7 Å². The van der Waals surface area contributed by atoms with Gasteiger partial charge in [0.2, 0.25) is 11.9 Å². The van der Waals surface area contributed by atoms with E-state index in [-0.39, 0.29) is 92.5 Å². The summed E-state index contributed by atoms with van der Waals surface area (Å²) < 4.78 is 16.2. The van der Waals surface area contributed by atoms with E-state index in [1.54, 1.807) is 4.90 Å². The summed E-state index contributed by atoms with van der Waals surface area (Å²) in [6, 6.07) is 15.3. The first-order valence-corrected chi connectivity index (χ1v) is 18.2. The van der Waals surface area contributed by atoms with Gasteiger partial charge < -0.3 is 24.4 Å². The molecule has 5 rings (SSSR count). The van der Waals surface area contributed by atoms with E-state index in [1.807, 2.05) is 0 Å². The Morgan fingerprint density at radius 2 is 1.26 bits per heavy atom. The molecule has 2 saturated heterocycles. The monoisotopic (exact) mass is 822 g/mol. The normalized spacial score (nSPS) is 17.6. The maximum Gasteiger partial charge on any atom is 0.437 e. The first kappa shape index (κ1) is 42.3. The molecule has 2 aliphatic heterocycles. The standard InChI is InChI=1S/C36H38N8O13S/c1-37-33(38-34(46)55-20-23-2-8-27(9-3-23)42(49)50)41(36(48)57-22-25-6-12-29(13-7-25)44(53)54)18-26-14-15-39(17-26)32(45)31-16-30(58)19-40(31)35(47)56-21-24-4-10-28(11-5-24)43(51)52/h2-13,26,30-31,58H,14-22H2,1H3,(H,37,38,46)/t26-,30+,31+/m1/s1. The Morgan fingerprint density at radius 3 is 1.74 bits per heavy atom. The molecule has 58 heavy (non-hydrogen) atoms. The first-order chi connectivity index (χ1) is 27.7. The van der Waals surface area contributed by atoms with Gasteiger partial charge in [0.15, 0.2) is 0 Å². The number of carbonyl (C=O) groups excluding carboxylic acids is 4. The molecule has 306 valence electrons. The highest BCUT2D eigenvalue weighted by molar-refractivity contribution is 7.81. The number of amides is 4. The number of nitro groups is 3. The van der Waals surface area contributed by atoms with Gasteiger partial charge in [0.25, 0.3) is 17.1 Å². The fourth-order valence-corrected chi connectivity index (χ4v) is 6.63. The molecule has 2 fully saturated rings. The molecule has 4 amide bonds. The van der Waals surface area contributed by atoms with Gasteiger partial charge in [-0.05, 0) is 71.8 Å². The fraction of sp³-hybridized carbons (Fsp3) is 0.361. The third kappa shape index (κ3) is 11.1. The Bertz CT molecular complexity index is 2050. The molecule has 3 atom stereocenters. The van der Waals surface area contributed by atoms with E-state index in [0.717, 1.165) is 4.90 Å². The maximum absolute atomic E-state index is 13.9. The lowest BCUT2D eigenvalue weighted by Crippen LogP contribution is -2.48. The number of nitrogens with one attached hydrogen (secondary N) is 1. The van der Waals surface area contributed by atoms with Gasteiger partial charge in [-0.15, -0.1) is 4.99 Å². The van der Waals surface area contributed by atoms with Crippen molar-refractivity contribution in [2.24, 2.45) is 10.9 Å². The van der Waals surface area contributed by atoms with Gasteiger partial charge >= 0.3 is 18.3 Å². The Hall–Kier alpha value is -6.84. The van der Waals surface area contributed by atoms with Gasteiger partial charge in [-0.25, -0.2) is 19.3 Å². The Labute approximate surface area is 335 Å². The number of non-ortho nitro benzene ring substituents is 3. The van der Waals surface area contributed by atoms with Crippen molar-refractivity contribution < 1.29 is 48.2 Å². The number of hydrogen-bond acceptors (Lipinski definition) is 14. The molecule has 1 N–H and O–H groups in total. The summed E-state index contributed by atoms with van der Waals surface area (Å²) in [4.78, 5) is 92.6. The molecule has 21 nitrogen and oxygen atoms in total. The third-order valence-electron chi connectivity index (χ3n) is 9.26. The quantitative estimate of drug-likeness (QED) is 0.0620. The van der Waals surface area contributed by atoms with Gasteiger partial charge in [-0.2, -0.15) is 12.6 Å². The van der Waals surface area contributed by atoms with Crippen molar-refractivity contribution in [2.45, 2.75) is 44.0 Å². The number of aliphatic imine (C=N–C) groups is 1. The van der Waals surface area contributed by atoms with Crippen molar-refractivity contribution in [3.05, 3.63) is 120 Å². The lowest BCUT2D eigenvalue weighted by Gasteiger charge is -2.28. The molecular formula is C36H38N8O13S. The van der Waals surface area contributed by atoms with Crippen molar-refractivity contribution in [1.82, 2.24) is 20.0 Å².